The highest BCUT2D eigenvalue weighted by molar-refractivity contribution is 6.36. The highest BCUT2D eigenvalue weighted by atomic mass is 35.5. The SMILES string of the molecule is CC[C@H](C)NC(=O)[C@H](CC)N(Cc1c(Cl)cccc1Cl)C(=O)COc1ccccc1C(C)(C)C. The molecule has 7 heteroatoms. The standard InChI is InChI=1S/C27H36Cl2N2O3/c1-7-18(3)30-26(33)23(8-2)31(16-19-21(28)13-11-14-22(19)29)25(32)17-34-24-15-10-9-12-20(24)27(4,5)6/h9-15,18,23H,7-8,16-17H2,1-6H3,(H,30,33)/t18-,23-/m0/s1. The molecule has 0 saturated heterocycles. The van der Waals surface area contributed by atoms with Crippen LogP contribution >= 0.6 is 23.2 Å². The van der Waals surface area contributed by atoms with Crippen LogP contribution in [0.2, 0.25) is 10.0 Å². The number of carbonyl (C=O) groups is 2. The molecule has 0 saturated carbocycles. The van der Waals surface area contributed by atoms with Crippen molar-refractivity contribution in [1.29, 1.82) is 0 Å². The summed E-state index contributed by atoms with van der Waals surface area (Å²) in [4.78, 5) is 28.1. The van der Waals surface area contributed by atoms with Crippen molar-refractivity contribution in [1.82, 2.24) is 10.2 Å². The Morgan fingerprint density at radius 2 is 1.62 bits per heavy atom. The Bertz CT molecular complexity index is 968. The van der Waals surface area contributed by atoms with E-state index in [9.17, 15) is 9.59 Å². The lowest BCUT2D eigenvalue weighted by molar-refractivity contribution is -0.143. The molecule has 0 aliphatic heterocycles. The topological polar surface area (TPSA) is 58.6 Å². The molecule has 0 aliphatic carbocycles. The molecule has 0 unspecified atom stereocenters. The number of halogens is 2. The molecule has 0 fully saturated rings. The average molecular weight is 508 g/mol. The zero-order valence-electron chi connectivity index (χ0n) is 21.0. The van der Waals surface area contributed by atoms with Gasteiger partial charge in [0.2, 0.25) is 5.91 Å². The van der Waals surface area contributed by atoms with Crippen LogP contribution < -0.4 is 10.1 Å². The number of nitrogens with one attached hydrogen (secondary N) is 1. The van der Waals surface area contributed by atoms with Gasteiger partial charge in [-0.3, -0.25) is 9.59 Å². The highest BCUT2D eigenvalue weighted by Crippen LogP contribution is 2.31. The third-order valence-electron chi connectivity index (χ3n) is 5.82. The predicted octanol–water partition coefficient (Wildman–Crippen LogP) is 6.39. The number of ether oxygens (including phenoxy) is 1. The molecule has 0 heterocycles. The smallest absolute Gasteiger partial charge is 0.261 e. The lowest BCUT2D eigenvalue weighted by Crippen LogP contribution is -2.51. The maximum atomic E-state index is 13.5. The van der Waals surface area contributed by atoms with E-state index in [-0.39, 0.29) is 36.4 Å². The van der Waals surface area contributed by atoms with Crippen LogP contribution in [0.1, 0.15) is 65.5 Å². The van der Waals surface area contributed by atoms with Crippen molar-refractivity contribution in [2.24, 2.45) is 0 Å². The molecule has 2 amide bonds. The van der Waals surface area contributed by atoms with Gasteiger partial charge in [-0.15, -0.1) is 0 Å². The van der Waals surface area contributed by atoms with Crippen LogP contribution in [0.3, 0.4) is 0 Å². The predicted molar refractivity (Wildman–Crippen MR) is 140 cm³/mol. The monoisotopic (exact) mass is 506 g/mol. The largest absolute Gasteiger partial charge is 0.483 e. The third-order valence-corrected chi connectivity index (χ3v) is 6.53. The Morgan fingerprint density at radius 3 is 2.18 bits per heavy atom. The van der Waals surface area contributed by atoms with Crippen LogP contribution in [0, 0.1) is 0 Å². The second-order valence-corrected chi connectivity index (χ2v) is 10.3. The first-order valence-corrected chi connectivity index (χ1v) is 12.5. The minimum Gasteiger partial charge on any atom is -0.483 e. The van der Waals surface area contributed by atoms with Gasteiger partial charge in [-0.1, -0.05) is 82.1 Å². The summed E-state index contributed by atoms with van der Waals surface area (Å²) in [5.74, 6) is 0.130. The van der Waals surface area contributed by atoms with Gasteiger partial charge >= 0.3 is 0 Å². The van der Waals surface area contributed by atoms with Crippen molar-refractivity contribution in [2.45, 2.75) is 78.4 Å². The molecule has 0 aliphatic rings. The number of hydrogen-bond acceptors (Lipinski definition) is 3. The van der Waals surface area contributed by atoms with E-state index >= 15 is 0 Å². The van der Waals surface area contributed by atoms with Crippen LogP contribution in [0.4, 0.5) is 0 Å². The summed E-state index contributed by atoms with van der Waals surface area (Å²) in [5, 5.41) is 3.89. The maximum absolute atomic E-state index is 13.5. The van der Waals surface area contributed by atoms with Crippen molar-refractivity contribution in [3.63, 3.8) is 0 Å². The second kappa shape index (κ2) is 12.5. The van der Waals surface area contributed by atoms with Crippen LogP contribution in [0.5, 0.6) is 5.75 Å². The number of para-hydroxylation sites is 1. The molecule has 0 spiro atoms. The van der Waals surface area contributed by atoms with Crippen LogP contribution in [0.15, 0.2) is 42.5 Å². The molecule has 5 nitrogen and oxygen atoms in total. The molecule has 0 radical (unpaired) electrons. The van der Waals surface area contributed by atoms with E-state index in [2.05, 4.69) is 26.1 Å². The number of carbonyl (C=O) groups excluding carboxylic acids is 2. The summed E-state index contributed by atoms with van der Waals surface area (Å²) in [7, 11) is 0. The van der Waals surface area contributed by atoms with Crippen molar-refractivity contribution in [3.8, 4) is 5.75 Å². The summed E-state index contributed by atoms with van der Waals surface area (Å²) in [6, 6.07) is 12.2. The van der Waals surface area contributed by atoms with E-state index in [4.69, 9.17) is 27.9 Å². The van der Waals surface area contributed by atoms with E-state index < -0.39 is 6.04 Å². The normalized spacial score (nSPS) is 13.2. The van der Waals surface area contributed by atoms with Gasteiger partial charge in [0.05, 0.1) is 0 Å². The van der Waals surface area contributed by atoms with Gasteiger partial charge in [-0.2, -0.15) is 0 Å². The maximum Gasteiger partial charge on any atom is 0.261 e. The molecular weight excluding hydrogens is 471 g/mol. The summed E-state index contributed by atoms with van der Waals surface area (Å²) in [6.45, 7) is 12.0. The first-order chi connectivity index (χ1) is 16.0. The number of rotatable bonds is 10. The summed E-state index contributed by atoms with van der Waals surface area (Å²) >= 11 is 12.8. The van der Waals surface area contributed by atoms with Crippen molar-refractivity contribution < 1.29 is 14.3 Å². The third kappa shape index (κ3) is 7.38. The summed E-state index contributed by atoms with van der Waals surface area (Å²) in [6.07, 6.45) is 1.23. The molecule has 186 valence electrons. The first-order valence-electron chi connectivity index (χ1n) is 11.7. The Hall–Kier alpha value is -2.24. The molecule has 2 aromatic rings. The Balaban J connectivity index is 2.35. The van der Waals surface area contributed by atoms with Gasteiger partial charge < -0.3 is 15.0 Å². The summed E-state index contributed by atoms with van der Waals surface area (Å²) in [5.41, 5.74) is 1.46. The van der Waals surface area contributed by atoms with E-state index in [1.807, 2.05) is 45.0 Å². The van der Waals surface area contributed by atoms with E-state index in [1.165, 1.54) is 4.90 Å². The fourth-order valence-electron chi connectivity index (χ4n) is 3.65. The molecule has 2 rings (SSSR count). The minimum atomic E-state index is -0.685. The van der Waals surface area contributed by atoms with Crippen LogP contribution in [-0.4, -0.2) is 35.4 Å². The molecule has 0 aromatic heterocycles. The van der Waals surface area contributed by atoms with Crippen molar-refractivity contribution >= 4 is 35.0 Å². The number of benzene rings is 2. The Kier molecular flexibility index (Phi) is 10.3. The fraction of sp³-hybridized carbons (Fsp3) is 0.481. The minimum absolute atomic E-state index is 0.00249. The molecular formula is C27H36Cl2N2O3. The average Bonchev–Trinajstić information content (AvgIpc) is 2.78. The van der Waals surface area contributed by atoms with Gasteiger partial charge in [0.1, 0.15) is 11.8 Å². The van der Waals surface area contributed by atoms with Crippen molar-refractivity contribution in [2.75, 3.05) is 6.61 Å². The number of hydrogen-bond donors (Lipinski definition) is 1. The Labute approximate surface area is 213 Å². The molecule has 1 N–H and O–H groups in total. The van der Waals surface area contributed by atoms with Crippen molar-refractivity contribution in [3.05, 3.63) is 63.6 Å². The molecule has 2 aromatic carbocycles. The van der Waals surface area contributed by atoms with Gasteiger partial charge in [-0.25, -0.2) is 0 Å². The lowest BCUT2D eigenvalue weighted by Gasteiger charge is -2.32. The van der Waals surface area contributed by atoms with Gasteiger partial charge in [-0.05, 0) is 48.9 Å². The zero-order chi connectivity index (χ0) is 25.5. The van der Waals surface area contributed by atoms with E-state index in [0.29, 0.717) is 27.8 Å². The number of nitrogens with zero attached hydrogens (tertiary/aromatic N) is 1. The second-order valence-electron chi connectivity index (χ2n) is 9.50. The first kappa shape index (κ1) is 28.0. The zero-order valence-corrected chi connectivity index (χ0v) is 22.5. The van der Waals surface area contributed by atoms with Gasteiger partial charge in [0.15, 0.2) is 6.61 Å². The molecule has 34 heavy (non-hydrogen) atoms. The quantitative estimate of drug-likeness (QED) is 0.405. The van der Waals surface area contributed by atoms with Gasteiger partial charge in [0.25, 0.3) is 5.91 Å². The summed E-state index contributed by atoms with van der Waals surface area (Å²) < 4.78 is 5.99. The fourth-order valence-corrected chi connectivity index (χ4v) is 4.17. The Morgan fingerprint density at radius 1 is 1.00 bits per heavy atom. The lowest BCUT2D eigenvalue weighted by atomic mass is 9.86. The van der Waals surface area contributed by atoms with E-state index in [0.717, 1.165) is 12.0 Å². The van der Waals surface area contributed by atoms with Gasteiger partial charge in [0, 0.05) is 28.2 Å². The van der Waals surface area contributed by atoms with Crippen LogP contribution in [0.25, 0.3) is 0 Å². The van der Waals surface area contributed by atoms with Crippen LogP contribution in [-0.2, 0) is 21.5 Å². The molecule has 2 atom stereocenters. The highest BCUT2D eigenvalue weighted by Gasteiger charge is 2.31. The molecule has 0 bridgehead atoms. The van der Waals surface area contributed by atoms with E-state index in [1.54, 1.807) is 18.2 Å². The number of amides is 2.